The van der Waals surface area contributed by atoms with Crippen LogP contribution in [0.25, 0.3) is 5.76 Å². The third-order valence-electron chi connectivity index (χ3n) is 4.48. The van der Waals surface area contributed by atoms with Crippen LogP contribution in [0.15, 0.2) is 79.5 Å². The molecule has 0 atom stereocenters. The van der Waals surface area contributed by atoms with Gasteiger partial charge < -0.3 is 9.67 Å². The van der Waals surface area contributed by atoms with Gasteiger partial charge in [-0.1, -0.05) is 30.3 Å². The van der Waals surface area contributed by atoms with Gasteiger partial charge in [-0.2, -0.15) is 5.10 Å². The number of aromatic nitrogens is 5. The monoisotopic (exact) mass is 399 g/mol. The number of carbonyl (C=O) groups excluding carboxylic acids is 2. The van der Waals surface area contributed by atoms with Crippen LogP contribution in [0.3, 0.4) is 0 Å². The van der Waals surface area contributed by atoms with Crippen LogP contribution in [-0.2, 0) is 6.54 Å². The van der Waals surface area contributed by atoms with Crippen LogP contribution in [0, 0.1) is 0 Å². The fraction of sp³-hybridized carbons (Fsp3) is 0.0455. The number of aliphatic hydroxyl groups excluding tert-OH is 1. The number of rotatable bonds is 7. The molecule has 0 aliphatic rings. The highest BCUT2D eigenvalue weighted by atomic mass is 16.3. The molecule has 0 amide bonds. The van der Waals surface area contributed by atoms with Gasteiger partial charge in [0.05, 0.1) is 5.69 Å². The zero-order valence-electron chi connectivity index (χ0n) is 15.8. The van der Waals surface area contributed by atoms with Gasteiger partial charge in [0, 0.05) is 42.3 Å². The van der Waals surface area contributed by atoms with E-state index < -0.39 is 5.78 Å². The van der Waals surface area contributed by atoms with Gasteiger partial charge in [0.15, 0.2) is 5.82 Å². The average Bonchev–Trinajstić information content (AvgIpc) is 3.45. The Bertz CT molecular complexity index is 1200. The molecule has 148 valence electrons. The molecule has 4 aromatic rings. The van der Waals surface area contributed by atoms with Crippen molar-refractivity contribution in [3.63, 3.8) is 0 Å². The number of aromatic amines is 1. The second kappa shape index (κ2) is 8.36. The van der Waals surface area contributed by atoms with Crippen LogP contribution in [0.1, 0.15) is 37.8 Å². The molecule has 0 bridgehead atoms. The van der Waals surface area contributed by atoms with Crippen molar-refractivity contribution in [1.82, 2.24) is 24.7 Å². The number of ketones is 2. The second-order valence-electron chi connectivity index (χ2n) is 6.52. The fourth-order valence-electron chi connectivity index (χ4n) is 2.99. The van der Waals surface area contributed by atoms with Crippen LogP contribution in [0.2, 0.25) is 0 Å². The highest BCUT2D eigenvalue weighted by Gasteiger charge is 2.18. The van der Waals surface area contributed by atoms with Crippen molar-refractivity contribution in [2.45, 2.75) is 6.54 Å². The zero-order valence-corrected chi connectivity index (χ0v) is 15.8. The summed E-state index contributed by atoms with van der Waals surface area (Å²) >= 11 is 0. The molecular formula is C22H17N5O3. The highest BCUT2D eigenvalue weighted by Crippen LogP contribution is 2.21. The van der Waals surface area contributed by atoms with E-state index in [0.717, 1.165) is 11.6 Å². The maximum Gasteiger partial charge on any atom is 0.226 e. The van der Waals surface area contributed by atoms with Crippen molar-refractivity contribution in [2.75, 3.05) is 0 Å². The van der Waals surface area contributed by atoms with Crippen molar-refractivity contribution < 1.29 is 14.7 Å². The summed E-state index contributed by atoms with van der Waals surface area (Å²) in [6, 6.07) is 14.1. The summed E-state index contributed by atoms with van der Waals surface area (Å²) in [5.41, 5.74) is 2.20. The Morgan fingerprint density at radius 1 is 1.07 bits per heavy atom. The number of H-pyrrole nitrogens is 1. The van der Waals surface area contributed by atoms with Gasteiger partial charge in [-0.25, -0.2) is 4.98 Å². The predicted molar refractivity (Wildman–Crippen MR) is 109 cm³/mol. The van der Waals surface area contributed by atoms with Crippen LogP contribution in [0.4, 0.5) is 0 Å². The molecule has 0 saturated heterocycles. The van der Waals surface area contributed by atoms with Gasteiger partial charge in [0.2, 0.25) is 11.6 Å². The number of allylic oxidation sites excluding steroid dienone is 1. The van der Waals surface area contributed by atoms with Crippen LogP contribution in [0.5, 0.6) is 0 Å². The van der Waals surface area contributed by atoms with Crippen LogP contribution < -0.4 is 0 Å². The summed E-state index contributed by atoms with van der Waals surface area (Å²) < 4.78 is 1.74. The van der Waals surface area contributed by atoms with E-state index in [-0.39, 0.29) is 17.4 Å². The van der Waals surface area contributed by atoms with E-state index in [1.807, 2.05) is 18.2 Å². The lowest BCUT2D eigenvalue weighted by Gasteiger charge is -2.08. The molecule has 8 nitrogen and oxygen atoms in total. The first-order valence-corrected chi connectivity index (χ1v) is 9.11. The Balaban J connectivity index is 1.71. The molecule has 1 aromatic carbocycles. The van der Waals surface area contributed by atoms with E-state index in [9.17, 15) is 14.7 Å². The Morgan fingerprint density at radius 3 is 2.53 bits per heavy atom. The SMILES string of the molecule is O=C(C=C(O)c1cc(C(=O)c2ccccc2)n(Cc2ccncc2)c1)c1ncn[nH]1. The second-order valence-corrected chi connectivity index (χ2v) is 6.52. The lowest BCUT2D eigenvalue weighted by atomic mass is 10.1. The lowest BCUT2D eigenvalue weighted by molar-refractivity contribution is 0.102. The van der Waals surface area contributed by atoms with E-state index in [2.05, 4.69) is 20.2 Å². The number of benzene rings is 1. The number of nitrogens with one attached hydrogen (secondary N) is 1. The third kappa shape index (κ3) is 4.07. The zero-order chi connectivity index (χ0) is 20.9. The molecule has 2 N–H and O–H groups in total. The Hall–Kier alpha value is -4.33. The molecule has 0 radical (unpaired) electrons. The van der Waals surface area contributed by atoms with Gasteiger partial charge >= 0.3 is 0 Å². The Kier molecular flexibility index (Phi) is 5.29. The highest BCUT2D eigenvalue weighted by molar-refractivity contribution is 6.09. The smallest absolute Gasteiger partial charge is 0.226 e. The normalized spacial score (nSPS) is 11.4. The summed E-state index contributed by atoms with van der Waals surface area (Å²) in [5, 5.41) is 16.6. The van der Waals surface area contributed by atoms with Crippen LogP contribution >= 0.6 is 0 Å². The first kappa shape index (κ1) is 19.0. The summed E-state index contributed by atoms with van der Waals surface area (Å²) in [7, 11) is 0. The van der Waals surface area contributed by atoms with E-state index in [0.29, 0.717) is 23.4 Å². The number of hydrogen-bond donors (Lipinski definition) is 2. The van der Waals surface area contributed by atoms with Crippen molar-refractivity contribution in [1.29, 1.82) is 0 Å². The summed E-state index contributed by atoms with van der Waals surface area (Å²) in [4.78, 5) is 33.0. The first-order chi connectivity index (χ1) is 14.6. The van der Waals surface area contributed by atoms with Gasteiger partial charge in [-0.05, 0) is 23.8 Å². The minimum atomic E-state index is -0.525. The summed E-state index contributed by atoms with van der Waals surface area (Å²) in [6.45, 7) is 0.403. The minimum Gasteiger partial charge on any atom is -0.507 e. The van der Waals surface area contributed by atoms with Gasteiger partial charge in [0.25, 0.3) is 0 Å². The minimum absolute atomic E-state index is 0.0124. The molecule has 8 heteroatoms. The number of carbonyl (C=O) groups is 2. The summed E-state index contributed by atoms with van der Waals surface area (Å²) in [6.07, 6.45) is 7.23. The first-order valence-electron chi connectivity index (χ1n) is 9.11. The number of pyridine rings is 1. The molecule has 0 spiro atoms. The molecule has 0 saturated carbocycles. The maximum atomic E-state index is 13.1. The fourth-order valence-corrected chi connectivity index (χ4v) is 2.99. The molecule has 4 rings (SSSR count). The van der Waals surface area contributed by atoms with Crippen molar-refractivity contribution in [3.8, 4) is 0 Å². The predicted octanol–water partition coefficient (Wildman–Crippen LogP) is 3.06. The van der Waals surface area contributed by atoms with Crippen molar-refractivity contribution in [3.05, 3.63) is 108 Å². The number of nitrogens with zero attached hydrogens (tertiary/aromatic N) is 4. The largest absolute Gasteiger partial charge is 0.507 e. The van der Waals surface area contributed by atoms with Crippen molar-refractivity contribution >= 4 is 17.3 Å². The quantitative estimate of drug-likeness (QED) is 0.280. The molecule has 0 aliphatic heterocycles. The Labute approximate surface area is 171 Å². The topological polar surface area (TPSA) is 114 Å². The maximum absolute atomic E-state index is 13.1. The van der Waals surface area contributed by atoms with E-state index in [1.54, 1.807) is 53.5 Å². The van der Waals surface area contributed by atoms with E-state index >= 15 is 0 Å². The van der Waals surface area contributed by atoms with Gasteiger partial charge in [-0.15, -0.1) is 0 Å². The molecule has 30 heavy (non-hydrogen) atoms. The molecule has 0 unspecified atom stereocenters. The molecular weight excluding hydrogens is 382 g/mol. The third-order valence-corrected chi connectivity index (χ3v) is 4.48. The molecule has 0 fully saturated rings. The molecule has 3 aromatic heterocycles. The summed E-state index contributed by atoms with van der Waals surface area (Å²) in [5.74, 6) is -0.974. The molecule has 3 heterocycles. The Morgan fingerprint density at radius 2 is 1.83 bits per heavy atom. The standard InChI is InChI=1S/C22H17N5O3/c28-19(11-20(29)22-24-14-25-26-22)17-10-18(21(30)16-4-2-1-3-5-16)27(13-17)12-15-6-8-23-9-7-15/h1-11,13-14,28H,12H2,(H,24,25,26). The van der Waals surface area contributed by atoms with Crippen LogP contribution in [-0.4, -0.2) is 41.4 Å². The van der Waals surface area contributed by atoms with E-state index in [4.69, 9.17) is 0 Å². The average molecular weight is 399 g/mol. The lowest BCUT2D eigenvalue weighted by Crippen LogP contribution is -2.10. The van der Waals surface area contributed by atoms with Gasteiger partial charge in [-0.3, -0.25) is 19.7 Å². The van der Waals surface area contributed by atoms with Gasteiger partial charge in [0.1, 0.15) is 12.1 Å². The van der Waals surface area contributed by atoms with E-state index in [1.165, 1.54) is 6.33 Å². The number of hydrogen-bond acceptors (Lipinski definition) is 6. The number of aliphatic hydroxyl groups is 1. The molecule has 0 aliphatic carbocycles. The van der Waals surface area contributed by atoms with Crippen molar-refractivity contribution in [2.24, 2.45) is 0 Å².